The molecule has 2 atom stereocenters. The minimum absolute atomic E-state index is 0.175. The molecule has 0 aliphatic carbocycles. The molecule has 1 aromatic heterocycles. The van der Waals surface area contributed by atoms with Gasteiger partial charge in [-0.25, -0.2) is 4.39 Å². The molecule has 0 unspecified atom stereocenters. The van der Waals surface area contributed by atoms with Gasteiger partial charge in [0.2, 0.25) is 5.82 Å². The second kappa shape index (κ2) is 7.07. The normalized spacial score (nSPS) is 24.0. The summed E-state index contributed by atoms with van der Waals surface area (Å²) < 4.78 is 30.8. The second-order valence-corrected chi connectivity index (χ2v) is 6.30. The first-order chi connectivity index (χ1) is 12.3. The van der Waals surface area contributed by atoms with Crippen LogP contribution >= 0.6 is 0 Å². The molecule has 8 heteroatoms. The summed E-state index contributed by atoms with van der Waals surface area (Å²) in [5.41, 5.74) is 6.90. The Bertz CT molecular complexity index is 732. The van der Waals surface area contributed by atoms with Crippen molar-refractivity contribution in [1.82, 2.24) is 10.1 Å². The summed E-state index contributed by atoms with van der Waals surface area (Å²) in [6, 6.07) is 4.99. The van der Waals surface area contributed by atoms with E-state index in [0.29, 0.717) is 62.4 Å². The monoisotopic (exact) mass is 348 g/mol. The van der Waals surface area contributed by atoms with Crippen LogP contribution in [0.4, 0.5) is 10.1 Å². The van der Waals surface area contributed by atoms with Gasteiger partial charge in [-0.3, -0.25) is 0 Å². The zero-order valence-corrected chi connectivity index (χ0v) is 13.9. The number of morpholine rings is 1. The first kappa shape index (κ1) is 16.4. The van der Waals surface area contributed by atoms with Gasteiger partial charge in [-0.1, -0.05) is 5.16 Å². The Kier molecular flexibility index (Phi) is 4.65. The van der Waals surface area contributed by atoms with E-state index < -0.39 is 0 Å². The van der Waals surface area contributed by atoms with Gasteiger partial charge < -0.3 is 24.6 Å². The quantitative estimate of drug-likeness (QED) is 0.901. The van der Waals surface area contributed by atoms with Crippen molar-refractivity contribution in [3.05, 3.63) is 29.9 Å². The summed E-state index contributed by atoms with van der Waals surface area (Å²) in [5, 5.41) is 3.98. The number of rotatable bonds is 4. The van der Waals surface area contributed by atoms with Crippen LogP contribution in [0.2, 0.25) is 0 Å². The van der Waals surface area contributed by atoms with E-state index in [2.05, 4.69) is 10.1 Å². The number of hydrogen-bond donors (Lipinski definition) is 1. The average molecular weight is 348 g/mol. The van der Waals surface area contributed by atoms with Gasteiger partial charge in [-0.05, 0) is 31.2 Å². The lowest BCUT2D eigenvalue weighted by atomic mass is 10.0. The van der Waals surface area contributed by atoms with Crippen molar-refractivity contribution < 1.29 is 18.4 Å². The molecular formula is C17H21FN4O3. The van der Waals surface area contributed by atoms with E-state index in [1.807, 2.05) is 4.90 Å². The van der Waals surface area contributed by atoms with Gasteiger partial charge in [0.15, 0.2) is 0 Å². The minimum Gasteiger partial charge on any atom is -0.378 e. The van der Waals surface area contributed by atoms with Gasteiger partial charge in [-0.15, -0.1) is 0 Å². The molecular weight excluding hydrogens is 327 g/mol. The van der Waals surface area contributed by atoms with Crippen molar-refractivity contribution >= 4 is 5.69 Å². The summed E-state index contributed by atoms with van der Waals surface area (Å²) in [6.45, 7) is 3.72. The van der Waals surface area contributed by atoms with E-state index in [9.17, 15) is 4.39 Å². The molecule has 2 aliphatic heterocycles. The predicted molar refractivity (Wildman–Crippen MR) is 88.6 cm³/mol. The summed E-state index contributed by atoms with van der Waals surface area (Å²) in [4.78, 5) is 6.36. The lowest BCUT2D eigenvalue weighted by Crippen LogP contribution is -2.36. The Balaban J connectivity index is 1.55. The maximum Gasteiger partial charge on any atom is 0.256 e. The van der Waals surface area contributed by atoms with Gasteiger partial charge in [0.25, 0.3) is 5.89 Å². The second-order valence-electron chi connectivity index (χ2n) is 6.30. The molecule has 0 radical (unpaired) electrons. The third-order valence-electron chi connectivity index (χ3n) is 4.76. The van der Waals surface area contributed by atoms with Crippen LogP contribution in [0, 0.1) is 11.7 Å². The number of ether oxygens (including phenoxy) is 2. The van der Waals surface area contributed by atoms with Crippen molar-refractivity contribution in [3.63, 3.8) is 0 Å². The standard InChI is InChI=1S/C17H21FN4O3/c18-13-9-11(1-2-14(13)22-4-7-23-8-5-22)16-20-17(25-21-16)15-12(10-19)3-6-24-15/h1-2,9,12,15H,3-8,10,19H2/t12-,15-/m0/s1. The number of nitrogens with two attached hydrogens (primary N) is 1. The van der Waals surface area contributed by atoms with Crippen LogP contribution in [-0.4, -0.2) is 49.6 Å². The molecule has 25 heavy (non-hydrogen) atoms. The fourth-order valence-corrected chi connectivity index (χ4v) is 3.32. The number of anilines is 1. The summed E-state index contributed by atoms with van der Waals surface area (Å²) >= 11 is 0. The Labute approximate surface area is 144 Å². The van der Waals surface area contributed by atoms with Crippen molar-refractivity contribution in [2.24, 2.45) is 11.7 Å². The van der Waals surface area contributed by atoms with E-state index in [-0.39, 0.29) is 17.8 Å². The molecule has 0 spiro atoms. The highest BCUT2D eigenvalue weighted by Gasteiger charge is 2.33. The number of halogens is 1. The van der Waals surface area contributed by atoms with Crippen LogP contribution in [0.15, 0.2) is 22.7 Å². The smallest absolute Gasteiger partial charge is 0.256 e. The molecule has 134 valence electrons. The fourth-order valence-electron chi connectivity index (χ4n) is 3.32. The SMILES string of the molecule is NC[C@@H]1CCO[C@@H]1c1nc(-c2ccc(N3CCOCC3)c(F)c2)no1. The highest BCUT2D eigenvalue weighted by Crippen LogP contribution is 2.34. The van der Waals surface area contributed by atoms with Crippen LogP contribution in [0.1, 0.15) is 18.4 Å². The van der Waals surface area contributed by atoms with Crippen molar-refractivity contribution in [1.29, 1.82) is 0 Å². The van der Waals surface area contributed by atoms with E-state index in [4.69, 9.17) is 19.7 Å². The third kappa shape index (κ3) is 3.24. The lowest BCUT2D eigenvalue weighted by molar-refractivity contribution is 0.0642. The molecule has 2 fully saturated rings. The highest BCUT2D eigenvalue weighted by atomic mass is 19.1. The number of benzene rings is 1. The van der Waals surface area contributed by atoms with E-state index in [1.54, 1.807) is 12.1 Å². The van der Waals surface area contributed by atoms with Crippen LogP contribution in [0.3, 0.4) is 0 Å². The Hall–Kier alpha value is -2.03. The zero-order chi connectivity index (χ0) is 17.2. The topological polar surface area (TPSA) is 86.6 Å². The van der Waals surface area contributed by atoms with E-state index >= 15 is 0 Å². The zero-order valence-electron chi connectivity index (χ0n) is 13.9. The average Bonchev–Trinajstić information content (AvgIpc) is 3.31. The fraction of sp³-hybridized carbons (Fsp3) is 0.529. The molecule has 0 bridgehead atoms. The number of hydrogen-bond acceptors (Lipinski definition) is 7. The lowest BCUT2D eigenvalue weighted by Gasteiger charge is -2.29. The molecule has 2 N–H and O–H groups in total. The van der Waals surface area contributed by atoms with Gasteiger partial charge in [0.05, 0.1) is 18.9 Å². The molecule has 0 saturated carbocycles. The maximum absolute atomic E-state index is 14.5. The number of nitrogens with zero attached hydrogens (tertiary/aromatic N) is 3. The summed E-state index contributed by atoms with van der Waals surface area (Å²) in [5.74, 6) is 0.630. The molecule has 7 nitrogen and oxygen atoms in total. The maximum atomic E-state index is 14.5. The Morgan fingerprint density at radius 3 is 2.84 bits per heavy atom. The van der Waals surface area contributed by atoms with Crippen molar-refractivity contribution in [3.8, 4) is 11.4 Å². The van der Waals surface area contributed by atoms with Crippen LogP contribution in [0.25, 0.3) is 11.4 Å². The van der Waals surface area contributed by atoms with Gasteiger partial charge >= 0.3 is 0 Å². The number of aromatic nitrogens is 2. The first-order valence-electron chi connectivity index (χ1n) is 8.54. The first-order valence-corrected chi connectivity index (χ1v) is 8.54. The van der Waals surface area contributed by atoms with Crippen molar-refractivity contribution in [2.75, 3.05) is 44.4 Å². The van der Waals surface area contributed by atoms with Gasteiger partial charge in [0.1, 0.15) is 11.9 Å². The molecule has 1 aromatic carbocycles. The molecule has 2 saturated heterocycles. The Morgan fingerprint density at radius 2 is 2.08 bits per heavy atom. The third-order valence-corrected chi connectivity index (χ3v) is 4.76. The molecule has 3 heterocycles. The van der Waals surface area contributed by atoms with E-state index in [1.165, 1.54) is 6.07 Å². The predicted octanol–water partition coefficient (Wildman–Crippen LogP) is 1.75. The van der Waals surface area contributed by atoms with Crippen LogP contribution in [0.5, 0.6) is 0 Å². The van der Waals surface area contributed by atoms with Crippen LogP contribution in [-0.2, 0) is 9.47 Å². The summed E-state index contributed by atoms with van der Waals surface area (Å²) in [7, 11) is 0. The van der Waals surface area contributed by atoms with Crippen LogP contribution < -0.4 is 10.6 Å². The van der Waals surface area contributed by atoms with Crippen molar-refractivity contribution in [2.45, 2.75) is 12.5 Å². The Morgan fingerprint density at radius 1 is 1.24 bits per heavy atom. The molecule has 0 amide bonds. The summed E-state index contributed by atoms with van der Waals surface area (Å²) in [6.07, 6.45) is 0.602. The van der Waals surface area contributed by atoms with E-state index in [0.717, 1.165) is 6.42 Å². The highest BCUT2D eigenvalue weighted by molar-refractivity contribution is 5.61. The molecule has 2 aliphatic rings. The largest absolute Gasteiger partial charge is 0.378 e. The minimum atomic E-state index is -0.303. The van der Waals surface area contributed by atoms with Gasteiger partial charge in [0, 0.05) is 31.2 Å². The molecule has 4 rings (SSSR count). The molecule has 2 aromatic rings. The van der Waals surface area contributed by atoms with Gasteiger partial charge in [-0.2, -0.15) is 4.98 Å².